The molecule has 0 amide bonds. The molecule has 4 rings (SSSR count). The number of carboxylic acids is 1. The monoisotopic (exact) mass is 423 g/mol. The minimum atomic E-state index is -1.05. The van der Waals surface area contributed by atoms with Crippen LogP contribution >= 0.6 is 0 Å². The first-order valence-corrected chi connectivity index (χ1v) is 10.2. The highest BCUT2D eigenvalue weighted by atomic mass is 16.4. The van der Waals surface area contributed by atoms with Crippen LogP contribution in [0.1, 0.15) is 39.6 Å². The number of aryl methyl sites for hydroxylation is 1. The van der Waals surface area contributed by atoms with Gasteiger partial charge in [0.25, 0.3) is 0 Å². The van der Waals surface area contributed by atoms with E-state index in [0.717, 1.165) is 6.54 Å². The number of benzene rings is 2. The van der Waals surface area contributed by atoms with E-state index in [4.69, 9.17) is 4.42 Å². The summed E-state index contributed by atoms with van der Waals surface area (Å²) in [6.07, 6.45) is -0.0844. The van der Waals surface area contributed by atoms with Crippen LogP contribution < -0.4 is 5.43 Å². The van der Waals surface area contributed by atoms with E-state index in [1.54, 1.807) is 26.0 Å². The van der Waals surface area contributed by atoms with Gasteiger partial charge < -0.3 is 24.6 Å². The van der Waals surface area contributed by atoms with Gasteiger partial charge in [-0.05, 0) is 62.7 Å². The van der Waals surface area contributed by atoms with Crippen molar-refractivity contribution in [2.24, 2.45) is 0 Å². The predicted molar refractivity (Wildman–Crippen MR) is 117 cm³/mol. The summed E-state index contributed by atoms with van der Waals surface area (Å²) in [5.41, 5.74) is 2.37. The van der Waals surface area contributed by atoms with Crippen LogP contribution in [0.25, 0.3) is 22.1 Å². The fourth-order valence-corrected chi connectivity index (χ4v) is 4.63. The van der Waals surface area contributed by atoms with Crippen molar-refractivity contribution in [1.29, 1.82) is 0 Å². The van der Waals surface area contributed by atoms with Gasteiger partial charge in [-0.1, -0.05) is 12.1 Å². The van der Waals surface area contributed by atoms with E-state index >= 15 is 0 Å². The fourth-order valence-electron chi connectivity index (χ4n) is 4.63. The van der Waals surface area contributed by atoms with Crippen molar-refractivity contribution in [2.75, 3.05) is 20.1 Å². The van der Waals surface area contributed by atoms with Gasteiger partial charge in [-0.25, -0.2) is 4.79 Å². The zero-order valence-electron chi connectivity index (χ0n) is 17.7. The number of carboxylic acid groups (broad SMARTS) is 1. The Labute approximate surface area is 179 Å². The number of hydrogen-bond donors (Lipinski definition) is 3. The number of fused-ring (bicyclic) bond motifs is 1. The number of phenolic OH excluding ortho intramolecular Hbond substituents is 1. The summed E-state index contributed by atoms with van der Waals surface area (Å²) >= 11 is 0. The van der Waals surface area contributed by atoms with Crippen molar-refractivity contribution in [3.63, 3.8) is 0 Å². The highest BCUT2D eigenvalue weighted by Crippen LogP contribution is 2.43. The number of aliphatic hydroxyl groups excluding tert-OH is 1. The number of hydrogen-bond acceptors (Lipinski definition) is 6. The second kappa shape index (κ2) is 7.83. The minimum absolute atomic E-state index is 0.0718. The standard InChI is InChI=1S/C24H25NO6/c1-12-9-18(26)22-19(27)10-17(14-5-4-6-15(13(14)2)24(29)30)21(23(22)31-12)16-7-8-25(3)11-20(16)28/h4-6,9-10,16,20,27-28H,7-8,11H2,1-3H3,(H,29,30). The average Bonchev–Trinajstić information content (AvgIpc) is 2.68. The van der Waals surface area contributed by atoms with E-state index in [0.29, 0.717) is 41.0 Å². The van der Waals surface area contributed by atoms with Gasteiger partial charge in [0.05, 0.1) is 11.7 Å². The molecule has 0 radical (unpaired) electrons. The Morgan fingerprint density at radius 3 is 2.61 bits per heavy atom. The highest BCUT2D eigenvalue weighted by molar-refractivity contribution is 5.96. The van der Waals surface area contributed by atoms with Gasteiger partial charge in [-0.15, -0.1) is 0 Å². The normalized spacial score (nSPS) is 19.6. The van der Waals surface area contributed by atoms with Crippen LogP contribution in [0.15, 0.2) is 39.5 Å². The van der Waals surface area contributed by atoms with Gasteiger partial charge in [-0.3, -0.25) is 4.79 Å². The van der Waals surface area contributed by atoms with Gasteiger partial charge in [-0.2, -0.15) is 0 Å². The molecule has 2 unspecified atom stereocenters. The number of nitrogens with zero attached hydrogens (tertiary/aromatic N) is 1. The number of piperidine rings is 1. The summed E-state index contributed by atoms with van der Waals surface area (Å²) < 4.78 is 5.96. The summed E-state index contributed by atoms with van der Waals surface area (Å²) in [5.74, 6) is -1.22. The molecule has 3 aromatic rings. The molecular weight excluding hydrogens is 398 g/mol. The zero-order valence-corrected chi connectivity index (χ0v) is 17.7. The third-order valence-corrected chi connectivity index (χ3v) is 6.15. The van der Waals surface area contributed by atoms with Crippen molar-refractivity contribution >= 4 is 16.9 Å². The molecule has 0 bridgehead atoms. The molecule has 2 aromatic carbocycles. The van der Waals surface area contributed by atoms with E-state index in [1.165, 1.54) is 18.2 Å². The summed E-state index contributed by atoms with van der Waals surface area (Å²) in [7, 11) is 1.93. The number of aromatic hydroxyl groups is 1. The Morgan fingerprint density at radius 1 is 1.19 bits per heavy atom. The molecule has 0 aliphatic carbocycles. The van der Waals surface area contributed by atoms with Crippen LogP contribution in [0.5, 0.6) is 5.75 Å². The number of rotatable bonds is 3. The number of β-amino-alcohol motifs (C(OH)–C–C–N with tert-alkyl or cyclic N) is 1. The molecule has 7 heteroatoms. The molecule has 1 saturated heterocycles. The van der Waals surface area contributed by atoms with Crippen molar-refractivity contribution in [3.8, 4) is 16.9 Å². The number of aliphatic hydroxyl groups is 1. The first-order valence-electron chi connectivity index (χ1n) is 10.2. The molecule has 1 aliphatic heterocycles. The molecule has 2 atom stereocenters. The maximum atomic E-state index is 12.7. The Hall–Kier alpha value is -3.16. The third kappa shape index (κ3) is 3.60. The third-order valence-electron chi connectivity index (χ3n) is 6.15. The first-order chi connectivity index (χ1) is 14.7. The maximum absolute atomic E-state index is 12.7. The Kier molecular flexibility index (Phi) is 5.33. The SMILES string of the molecule is Cc1cc(=O)c2c(O)cc(-c3cccc(C(=O)O)c3C)c(C3CCN(C)CC3O)c2o1. The van der Waals surface area contributed by atoms with Gasteiger partial charge in [0, 0.05) is 24.1 Å². The largest absolute Gasteiger partial charge is 0.507 e. The van der Waals surface area contributed by atoms with Crippen LogP contribution in [0.4, 0.5) is 0 Å². The molecule has 2 heterocycles. The predicted octanol–water partition coefficient (Wildman–Crippen LogP) is 3.26. The Morgan fingerprint density at radius 2 is 1.94 bits per heavy atom. The number of aromatic carboxylic acids is 1. The lowest BCUT2D eigenvalue weighted by Gasteiger charge is -2.35. The smallest absolute Gasteiger partial charge is 0.335 e. The molecule has 0 saturated carbocycles. The lowest BCUT2D eigenvalue weighted by Crippen LogP contribution is -2.40. The molecule has 31 heavy (non-hydrogen) atoms. The zero-order chi connectivity index (χ0) is 22.4. The van der Waals surface area contributed by atoms with Crippen molar-refractivity contribution in [2.45, 2.75) is 32.3 Å². The summed E-state index contributed by atoms with van der Waals surface area (Å²) in [5, 5.41) is 31.3. The molecule has 3 N–H and O–H groups in total. The number of likely N-dealkylation sites (tertiary alicyclic amines) is 1. The Bertz CT molecular complexity index is 1250. The van der Waals surface area contributed by atoms with E-state index < -0.39 is 12.1 Å². The number of phenols is 1. The molecule has 1 aliphatic rings. The minimum Gasteiger partial charge on any atom is -0.507 e. The average molecular weight is 423 g/mol. The van der Waals surface area contributed by atoms with E-state index in [2.05, 4.69) is 0 Å². The second-order valence-electron chi connectivity index (χ2n) is 8.29. The molecular formula is C24H25NO6. The Balaban J connectivity index is 2.10. The van der Waals surface area contributed by atoms with Crippen molar-refractivity contribution in [3.05, 3.63) is 63.0 Å². The van der Waals surface area contributed by atoms with Crippen molar-refractivity contribution in [1.82, 2.24) is 4.90 Å². The topological polar surface area (TPSA) is 111 Å². The van der Waals surface area contributed by atoms with Crippen LogP contribution in [0.2, 0.25) is 0 Å². The van der Waals surface area contributed by atoms with Gasteiger partial charge in [0.15, 0.2) is 5.43 Å². The van der Waals surface area contributed by atoms with E-state index in [-0.39, 0.29) is 33.6 Å². The number of likely N-dealkylation sites (N-methyl/N-ethyl adjacent to an activating group) is 1. The van der Waals surface area contributed by atoms with Crippen molar-refractivity contribution < 1.29 is 24.5 Å². The van der Waals surface area contributed by atoms with E-state index in [9.17, 15) is 24.9 Å². The molecule has 1 fully saturated rings. The molecule has 7 nitrogen and oxygen atoms in total. The highest BCUT2D eigenvalue weighted by Gasteiger charge is 2.33. The van der Waals surface area contributed by atoms with E-state index in [1.807, 2.05) is 11.9 Å². The van der Waals surface area contributed by atoms with Crippen LogP contribution in [-0.4, -0.2) is 52.4 Å². The first kappa shape index (κ1) is 21.1. The maximum Gasteiger partial charge on any atom is 0.335 e. The van der Waals surface area contributed by atoms with Gasteiger partial charge in [0.2, 0.25) is 0 Å². The van der Waals surface area contributed by atoms with Crippen LogP contribution in [0.3, 0.4) is 0 Å². The second-order valence-corrected chi connectivity index (χ2v) is 8.29. The summed E-state index contributed by atoms with van der Waals surface area (Å²) in [4.78, 5) is 26.4. The van der Waals surface area contributed by atoms with Gasteiger partial charge in [0.1, 0.15) is 22.5 Å². The lowest BCUT2D eigenvalue weighted by molar-refractivity contribution is 0.0640. The quantitative estimate of drug-likeness (QED) is 0.593. The molecule has 162 valence electrons. The number of carbonyl (C=O) groups is 1. The fraction of sp³-hybridized carbons (Fsp3) is 0.333. The summed E-state index contributed by atoms with van der Waals surface area (Å²) in [6.45, 7) is 4.57. The lowest BCUT2D eigenvalue weighted by atomic mass is 9.80. The summed E-state index contributed by atoms with van der Waals surface area (Å²) in [6, 6.07) is 7.77. The van der Waals surface area contributed by atoms with Crippen LogP contribution in [0, 0.1) is 13.8 Å². The van der Waals surface area contributed by atoms with Gasteiger partial charge >= 0.3 is 5.97 Å². The molecule has 1 aromatic heterocycles. The van der Waals surface area contributed by atoms with Crippen LogP contribution in [-0.2, 0) is 0 Å². The molecule has 0 spiro atoms.